The van der Waals surface area contributed by atoms with E-state index in [1.54, 1.807) is 30.3 Å². The summed E-state index contributed by atoms with van der Waals surface area (Å²) < 4.78 is 33.4. The van der Waals surface area contributed by atoms with Crippen molar-refractivity contribution in [1.82, 2.24) is 14.4 Å². The smallest absolute Gasteiger partial charge is 0.245 e. The van der Waals surface area contributed by atoms with Gasteiger partial charge in [-0.2, -0.15) is 9.29 Å². The van der Waals surface area contributed by atoms with Crippen LogP contribution in [0.2, 0.25) is 5.02 Å². The highest BCUT2D eigenvalue weighted by atomic mass is 35.5. The molecule has 1 saturated heterocycles. The van der Waals surface area contributed by atoms with Crippen LogP contribution in [0.15, 0.2) is 57.9 Å². The minimum Gasteiger partial charge on any atom is -0.337 e. The number of hydrogen-bond acceptors (Lipinski definition) is 5. The Morgan fingerprint density at radius 1 is 1.17 bits per heavy atom. The number of sulfonamides is 1. The molecule has 0 bridgehead atoms. The zero-order valence-electron chi connectivity index (χ0n) is 16.2. The van der Waals surface area contributed by atoms with Crippen LogP contribution < -0.4 is 0 Å². The summed E-state index contributed by atoms with van der Waals surface area (Å²) in [5.41, 5.74) is 1.83. The molecule has 6 nitrogen and oxygen atoms in total. The van der Waals surface area contributed by atoms with Gasteiger partial charge in [0.2, 0.25) is 21.7 Å². The molecule has 0 N–H and O–H groups in total. The Morgan fingerprint density at radius 2 is 1.93 bits per heavy atom. The fourth-order valence-corrected chi connectivity index (χ4v) is 5.39. The first kappa shape index (κ1) is 20.1. The molecule has 2 aromatic carbocycles. The van der Waals surface area contributed by atoms with Crippen molar-refractivity contribution in [2.75, 3.05) is 6.54 Å². The van der Waals surface area contributed by atoms with Crippen molar-refractivity contribution in [2.45, 2.75) is 43.5 Å². The van der Waals surface area contributed by atoms with Gasteiger partial charge in [0.15, 0.2) is 0 Å². The summed E-state index contributed by atoms with van der Waals surface area (Å²) in [5.74, 6) is 1.04. The SMILES string of the molecule is CC(C)c1ccc(S(=O)(=O)N2CCC[C@@H]2c2nc(-c3cccc(Cl)c3)no2)cc1. The molecule has 1 fully saturated rings. The number of benzene rings is 2. The molecule has 1 atom stereocenters. The summed E-state index contributed by atoms with van der Waals surface area (Å²) in [6.45, 7) is 4.58. The molecule has 2 heterocycles. The Morgan fingerprint density at radius 3 is 2.62 bits per heavy atom. The predicted molar refractivity (Wildman–Crippen MR) is 111 cm³/mol. The Labute approximate surface area is 175 Å². The van der Waals surface area contributed by atoms with Gasteiger partial charge in [0, 0.05) is 17.1 Å². The van der Waals surface area contributed by atoms with E-state index in [9.17, 15) is 8.42 Å². The largest absolute Gasteiger partial charge is 0.337 e. The Hall–Kier alpha value is -2.22. The maximum atomic E-state index is 13.2. The van der Waals surface area contributed by atoms with Gasteiger partial charge in [0.1, 0.15) is 6.04 Å². The third-order valence-corrected chi connectivity index (χ3v) is 7.32. The van der Waals surface area contributed by atoms with Crippen LogP contribution in [0.3, 0.4) is 0 Å². The van der Waals surface area contributed by atoms with Gasteiger partial charge in [0.05, 0.1) is 4.90 Å². The van der Waals surface area contributed by atoms with Crippen LogP contribution in [0.5, 0.6) is 0 Å². The van der Waals surface area contributed by atoms with E-state index < -0.39 is 16.1 Å². The summed E-state index contributed by atoms with van der Waals surface area (Å²) in [6, 6.07) is 13.8. The van der Waals surface area contributed by atoms with Gasteiger partial charge in [0.25, 0.3) is 0 Å². The molecule has 4 rings (SSSR count). The first-order chi connectivity index (χ1) is 13.9. The minimum atomic E-state index is -3.66. The fraction of sp³-hybridized carbons (Fsp3) is 0.333. The molecular weight excluding hydrogens is 410 g/mol. The molecule has 152 valence electrons. The van der Waals surface area contributed by atoms with E-state index in [0.29, 0.717) is 35.6 Å². The minimum absolute atomic E-state index is 0.281. The lowest BCUT2D eigenvalue weighted by Gasteiger charge is -2.21. The van der Waals surface area contributed by atoms with E-state index >= 15 is 0 Å². The number of nitrogens with zero attached hydrogens (tertiary/aromatic N) is 3. The van der Waals surface area contributed by atoms with Crippen LogP contribution in [0, 0.1) is 0 Å². The molecule has 0 amide bonds. The second-order valence-electron chi connectivity index (χ2n) is 7.46. The number of halogens is 1. The maximum Gasteiger partial charge on any atom is 0.245 e. The Bertz CT molecular complexity index is 1110. The second kappa shape index (κ2) is 7.89. The molecule has 0 aliphatic carbocycles. The van der Waals surface area contributed by atoms with Crippen molar-refractivity contribution in [3.8, 4) is 11.4 Å². The van der Waals surface area contributed by atoms with Crippen molar-refractivity contribution >= 4 is 21.6 Å². The molecule has 8 heteroatoms. The summed E-state index contributed by atoms with van der Waals surface area (Å²) in [4.78, 5) is 4.74. The standard InChI is InChI=1S/C21H22ClN3O3S/c1-14(2)15-8-10-18(11-9-15)29(26,27)25-12-4-7-19(25)21-23-20(24-28-21)16-5-3-6-17(22)13-16/h3,5-6,8-11,13-14,19H,4,7,12H2,1-2H3/t19-/m1/s1. The van der Waals surface area contributed by atoms with Gasteiger partial charge in [-0.3, -0.25) is 0 Å². The number of aromatic nitrogens is 2. The van der Waals surface area contributed by atoms with Gasteiger partial charge in [-0.05, 0) is 48.6 Å². The molecular formula is C21H22ClN3O3S. The van der Waals surface area contributed by atoms with Crippen molar-refractivity contribution in [2.24, 2.45) is 0 Å². The maximum absolute atomic E-state index is 13.2. The third kappa shape index (κ3) is 3.95. The average Bonchev–Trinajstić information content (AvgIpc) is 3.37. The van der Waals surface area contributed by atoms with Crippen molar-refractivity contribution in [1.29, 1.82) is 0 Å². The molecule has 0 spiro atoms. The van der Waals surface area contributed by atoms with Gasteiger partial charge < -0.3 is 4.52 Å². The van der Waals surface area contributed by atoms with E-state index in [2.05, 4.69) is 24.0 Å². The zero-order valence-corrected chi connectivity index (χ0v) is 17.8. The van der Waals surface area contributed by atoms with Crippen molar-refractivity contribution < 1.29 is 12.9 Å². The molecule has 0 saturated carbocycles. The topological polar surface area (TPSA) is 76.3 Å². The monoisotopic (exact) mass is 431 g/mol. The third-order valence-electron chi connectivity index (χ3n) is 5.17. The Balaban J connectivity index is 1.62. The van der Waals surface area contributed by atoms with Gasteiger partial charge in [-0.25, -0.2) is 8.42 Å². The van der Waals surface area contributed by atoms with Gasteiger partial charge in [-0.15, -0.1) is 0 Å². The quantitative estimate of drug-likeness (QED) is 0.565. The van der Waals surface area contributed by atoms with E-state index in [1.807, 2.05) is 18.2 Å². The van der Waals surface area contributed by atoms with E-state index in [0.717, 1.165) is 17.5 Å². The van der Waals surface area contributed by atoms with Crippen molar-refractivity contribution in [3.63, 3.8) is 0 Å². The first-order valence-corrected chi connectivity index (χ1v) is 11.4. The highest BCUT2D eigenvalue weighted by molar-refractivity contribution is 7.89. The predicted octanol–water partition coefficient (Wildman–Crippen LogP) is 5.04. The number of rotatable bonds is 5. The summed E-state index contributed by atoms with van der Waals surface area (Å²) in [6.07, 6.45) is 1.38. The van der Waals surface area contributed by atoms with Crippen molar-refractivity contribution in [3.05, 3.63) is 65.0 Å². The van der Waals surface area contributed by atoms with E-state index in [1.165, 1.54) is 4.31 Å². The highest BCUT2D eigenvalue weighted by Crippen LogP contribution is 2.36. The van der Waals surface area contributed by atoms with Crippen LogP contribution in [0.4, 0.5) is 0 Å². The molecule has 1 aliphatic heterocycles. The highest BCUT2D eigenvalue weighted by Gasteiger charge is 2.39. The lowest BCUT2D eigenvalue weighted by molar-refractivity contribution is 0.290. The molecule has 1 aliphatic rings. The molecule has 0 radical (unpaired) electrons. The van der Waals surface area contributed by atoms with Crippen LogP contribution in [-0.4, -0.2) is 29.4 Å². The summed E-state index contributed by atoms with van der Waals surface area (Å²) in [5, 5.41) is 4.60. The number of hydrogen-bond donors (Lipinski definition) is 0. The van der Waals surface area contributed by atoms with E-state index in [-0.39, 0.29) is 4.90 Å². The van der Waals surface area contributed by atoms with Crippen LogP contribution >= 0.6 is 11.6 Å². The summed E-state index contributed by atoms with van der Waals surface area (Å²) >= 11 is 6.04. The van der Waals surface area contributed by atoms with Crippen LogP contribution in [0.1, 0.15) is 50.1 Å². The molecule has 29 heavy (non-hydrogen) atoms. The first-order valence-electron chi connectivity index (χ1n) is 9.57. The summed E-state index contributed by atoms with van der Waals surface area (Å²) in [7, 11) is -3.66. The normalized spacial score (nSPS) is 17.9. The lowest BCUT2D eigenvalue weighted by Crippen LogP contribution is -2.30. The van der Waals surface area contributed by atoms with Crippen LogP contribution in [-0.2, 0) is 10.0 Å². The van der Waals surface area contributed by atoms with E-state index in [4.69, 9.17) is 16.1 Å². The lowest BCUT2D eigenvalue weighted by atomic mass is 10.0. The molecule has 1 aromatic heterocycles. The fourth-order valence-electron chi connectivity index (χ4n) is 3.55. The Kier molecular flexibility index (Phi) is 5.46. The molecule has 0 unspecified atom stereocenters. The van der Waals surface area contributed by atoms with Gasteiger partial charge >= 0.3 is 0 Å². The van der Waals surface area contributed by atoms with Gasteiger partial charge in [-0.1, -0.05) is 54.9 Å². The van der Waals surface area contributed by atoms with Crippen LogP contribution in [0.25, 0.3) is 11.4 Å². The second-order valence-corrected chi connectivity index (χ2v) is 9.79. The zero-order chi connectivity index (χ0) is 20.6. The molecule has 3 aromatic rings. The average molecular weight is 432 g/mol.